The molecule has 0 saturated carbocycles. The standard InChI is InChI=1S/C25H30O11/c1-9(2)23(31)34-14-5-10(3)16-13(27)6-12(18(16)22-17(14)11(4)24(32)36-22)8-33-25-21(30)20(29)19(28)15(7-26)35-25/h6,14-15,17-22,25-26,28-30H,1,4-5,7-8H2,2-3H3. The predicted octanol–water partition coefficient (Wildman–Crippen LogP) is -0.766. The number of aliphatic hydroxyl groups excluding tert-OH is 4. The molecule has 196 valence electrons. The van der Waals surface area contributed by atoms with E-state index in [-0.39, 0.29) is 30.0 Å². The molecule has 0 radical (unpaired) electrons. The molecule has 0 spiro atoms. The SMILES string of the molecule is C=C(C)C(=O)OC1CC(C)=C2C(=O)C=C(COC3OC(CO)C(O)C(O)C3O)C2C2OC(=O)C(=C)C12. The number of hydrogen-bond donors (Lipinski definition) is 4. The maximum Gasteiger partial charge on any atom is 0.334 e. The third kappa shape index (κ3) is 4.47. The van der Waals surface area contributed by atoms with Gasteiger partial charge in [0.15, 0.2) is 12.1 Å². The van der Waals surface area contributed by atoms with Crippen molar-refractivity contribution in [1.82, 2.24) is 0 Å². The molecule has 0 aromatic rings. The van der Waals surface area contributed by atoms with Crippen molar-refractivity contribution in [3.63, 3.8) is 0 Å². The molecule has 2 heterocycles. The van der Waals surface area contributed by atoms with Crippen molar-refractivity contribution in [2.75, 3.05) is 13.2 Å². The minimum absolute atomic E-state index is 0.127. The van der Waals surface area contributed by atoms with Gasteiger partial charge in [-0.1, -0.05) is 18.7 Å². The second-order valence-electron chi connectivity index (χ2n) is 9.61. The van der Waals surface area contributed by atoms with Gasteiger partial charge in [-0.15, -0.1) is 0 Å². The fourth-order valence-electron chi connectivity index (χ4n) is 5.25. The van der Waals surface area contributed by atoms with Crippen LogP contribution in [-0.2, 0) is 33.3 Å². The lowest BCUT2D eigenvalue weighted by atomic mass is 9.82. The molecule has 4 rings (SSSR count). The Balaban J connectivity index is 1.60. The number of allylic oxidation sites excluding steroid dienone is 1. The average molecular weight is 507 g/mol. The van der Waals surface area contributed by atoms with Gasteiger partial charge in [-0.25, -0.2) is 9.59 Å². The van der Waals surface area contributed by atoms with Gasteiger partial charge in [0, 0.05) is 29.1 Å². The van der Waals surface area contributed by atoms with Crippen LogP contribution in [0.25, 0.3) is 0 Å². The molecule has 2 aliphatic carbocycles. The van der Waals surface area contributed by atoms with Gasteiger partial charge in [-0.05, 0) is 25.5 Å². The average Bonchev–Trinajstić information content (AvgIpc) is 3.27. The molecule has 36 heavy (non-hydrogen) atoms. The first-order valence-corrected chi connectivity index (χ1v) is 11.6. The Morgan fingerprint density at radius 3 is 2.53 bits per heavy atom. The van der Waals surface area contributed by atoms with E-state index in [0.717, 1.165) is 0 Å². The van der Waals surface area contributed by atoms with Crippen molar-refractivity contribution in [1.29, 1.82) is 0 Å². The van der Waals surface area contributed by atoms with Crippen molar-refractivity contribution in [2.45, 2.75) is 63.2 Å². The van der Waals surface area contributed by atoms with Crippen molar-refractivity contribution in [3.05, 3.63) is 47.1 Å². The van der Waals surface area contributed by atoms with Crippen LogP contribution >= 0.6 is 0 Å². The zero-order valence-electron chi connectivity index (χ0n) is 20.0. The van der Waals surface area contributed by atoms with E-state index in [4.69, 9.17) is 18.9 Å². The monoisotopic (exact) mass is 506 g/mol. The number of aliphatic hydroxyl groups is 4. The Morgan fingerprint density at radius 1 is 1.19 bits per heavy atom. The highest BCUT2D eigenvalue weighted by molar-refractivity contribution is 6.09. The van der Waals surface area contributed by atoms with Crippen LogP contribution in [0.3, 0.4) is 0 Å². The number of carbonyl (C=O) groups is 3. The molecule has 4 aliphatic rings. The third-order valence-corrected chi connectivity index (χ3v) is 7.12. The summed E-state index contributed by atoms with van der Waals surface area (Å²) in [5, 5.41) is 39.7. The van der Waals surface area contributed by atoms with Crippen LogP contribution in [0.15, 0.2) is 47.1 Å². The molecule has 4 N–H and O–H groups in total. The van der Waals surface area contributed by atoms with Crippen LogP contribution in [0.1, 0.15) is 20.3 Å². The van der Waals surface area contributed by atoms with Gasteiger partial charge >= 0.3 is 11.9 Å². The lowest BCUT2D eigenvalue weighted by Crippen LogP contribution is -2.59. The van der Waals surface area contributed by atoms with Crippen molar-refractivity contribution < 1.29 is 53.8 Å². The van der Waals surface area contributed by atoms with Gasteiger partial charge in [0.1, 0.15) is 36.6 Å². The van der Waals surface area contributed by atoms with Crippen LogP contribution in [0.4, 0.5) is 0 Å². The number of hydrogen-bond acceptors (Lipinski definition) is 11. The molecule has 11 heteroatoms. The van der Waals surface area contributed by atoms with E-state index in [0.29, 0.717) is 16.7 Å². The molecule has 9 unspecified atom stereocenters. The number of fused-ring (bicyclic) bond motifs is 3. The summed E-state index contributed by atoms with van der Waals surface area (Å²) in [7, 11) is 0. The number of carbonyl (C=O) groups excluding carboxylic acids is 3. The molecule has 9 atom stereocenters. The normalized spacial score (nSPS) is 38.2. The number of ether oxygens (including phenoxy) is 4. The molecule has 0 aromatic heterocycles. The van der Waals surface area contributed by atoms with Gasteiger partial charge in [0.2, 0.25) is 0 Å². The molecule has 2 fully saturated rings. The highest BCUT2D eigenvalue weighted by Gasteiger charge is 2.55. The zero-order valence-corrected chi connectivity index (χ0v) is 20.0. The van der Waals surface area contributed by atoms with Gasteiger partial charge < -0.3 is 39.4 Å². The summed E-state index contributed by atoms with van der Waals surface area (Å²) in [6.07, 6.45) is -7.50. The predicted molar refractivity (Wildman–Crippen MR) is 121 cm³/mol. The van der Waals surface area contributed by atoms with Crippen molar-refractivity contribution >= 4 is 17.7 Å². The van der Waals surface area contributed by atoms with E-state index < -0.39 is 73.3 Å². The third-order valence-electron chi connectivity index (χ3n) is 7.12. The summed E-state index contributed by atoms with van der Waals surface area (Å²) in [5.74, 6) is -3.05. The lowest BCUT2D eigenvalue weighted by Gasteiger charge is -2.39. The van der Waals surface area contributed by atoms with Crippen LogP contribution < -0.4 is 0 Å². The highest BCUT2D eigenvalue weighted by Crippen LogP contribution is 2.48. The van der Waals surface area contributed by atoms with Crippen LogP contribution in [0, 0.1) is 11.8 Å². The van der Waals surface area contributed by atoms with E-state index in [9.17, 15) is 34.8 Å². The summed E-state index contributed by atoms with van der Waals surface area (Å²) in [6.45, 7) is 9.80. The zero-order chi connectivity index (χ0) is 26.5. The summed E-state index contributed by atoms with van der Waals surface area (Å²) >= 11 is 0. The Morgan fingerprint density at radius 2 is 1.89 bits per heavy atom. The van der Waals surface area contributed by atoms with Gasteiger partial charge in [0.25, 0.3) is 0 Å². The molecular formula is C25H30O11. The Hall–Kier alpha value is -2.67. The van der Waals surface area contributed by atoms with E-state index in [1.165, 1.54) is 13.0 Å². The van der Waals surface area contributed by atoms with Crippen LogP contribution in [0.2, 0.25) is 0 Å². The quantitative estimate of drug-likeness (QED) is 0.264. The second-order valence-corrected chi connectivity index (χ2v) is 9.61. The first kappa shape index (κ1) is 26.4. The van der Waals surface area contributed by atoms with E-state index >= 15 is 0 Å². The number of rotatable bonds is 6. The van der Waals surface area contributed by atoms with Gasteiger partial charge in [-0.2, -0.15) is 0 Å². The fourth-order valence-corrected chi connectivity index (χ4v) is 5.25. The maximum absolute atomic E-state index is 13.0. The largest absolute Gasteiger partial charge is 0.458 e. The van der Waals surface area contributed by atoms with Crippen molar-refractivity contribution in [3.8, 4) is 0 Å². The molecule has 2 aliphatic heterocycles. The highest BCUT2D eigenvalue weighted by atomic mass is 16.7. The minimum atomic E-state index is -1.62. The van der Waals surface area contributed by atoms with E-state index in [1.54, 1.807) is 6.92 Å². The summed E-state index contributed by atoms with van der Waals surface area (Å²) < 4.78 is 22.3. The molecule has 11 nitrogen and oxygen atoms in total. The number of esters is 2. The van der Waals surface area contributed by atoms with Crippen LogP contribution in [0.5, 0.6) is 0 Å². The van der Waals surface area contributed by atoms with E-state index in [2.05, 4.69) is 13.2 Å². The van der Waals surface area contributed by atoms with Gasteiger partial charge in [0.05, 0.1) is 19.1 Å². The lowest BCUT2D eigenvalue weighted by molar-refractivity contribution is -0.299. The minimum Gasteiger partial charge on any atom is -0.458 e. The first-order chi connectivity index (χ1) is 17.0. The molecular weight excluding hydrogens is 476 g/mol. The second kappa shape index (κ2) is 10.0. The summed E-state index contributed by atoms with van der Waals surface area (Å²) in [5.41, 5.74) is 1.79. The number of ketones is 1. The smallest absolute Gasteiger partial charge is 0.334 e. The van der Waals surface area contributed by atoms with E-state index in [1.807, 2.05) is 0 Å². The van der Waals surface area contributed by atoms with Crippen molar-refractivity contribution in [2.24, 2.45) is 11.8 Å². The summed E-state index contributed by atoms with van der Waals surface area (Å²) in [4.78, 5) is 37.8. The van der Waals surface area contributed by atoms with Gasteiger partial charge in [-0.3, -0.25) is 4.79 Å². The molecule has 0 bridgehead atoms. The molecule has 0 aromatic carbocycles. The Bertz CT molecular complexity index is 1050. The fraction of sp³-hybridized carbons (Fsp3) is 0.560. The molecule has 0 amide bonds. The Labute approximate surface area is 207 Å². The summed E-state index contributed by atoms with van der Waals surface area (Å²) in [6, 6.07) is 0. The first-order valence-electron chi connectivity index (χ1n) is 11.6. The molecule has 2 saturated heterocycles. The van der Waals surface area contributed by atoms with Crippen LogP contribution in [-0.4, -0.2) is 94.3 Å². The maximum atomic E-state index is 13.0. The Kier molecular flexibility index (Phi) is 7.33. The topological polar surface area (TPSA) is 169 Å².